The molecule has 1 aliphatic heterocycles. The van der Waals surface area contributed by atoms with E-state index in [9.17, 15) is 9.59 Å². The molecule has 3 heterocycles. The van der Waals surface area contributed by atoms with Crippen molar-refractivity contribution in [3.05, 3.63) is 35.2 Å². The highest BCUT2D eigenvalue weighted by molar-refractivity contribution is 6.32. The highest BCUT2D eigenvalue weighted by Crippen LogP contribution is 2.25. The largest absolute Gasteiger partial charge is 0.380 e. The van der Waals surface area contributed by atoms with E-state index in [2.05, 4.69) is 4.98 Å². The predicted octanol–water partition coefficient (Wildman–Crippen LogP) is 0.702. The van der Waals surface area contributed by atoms with E-state index in [4.69, 9.17) is 22.1 Å². The molecule has 3 rings (SSSR count). The van der Waals surface area contributed by atoms with Gasteiger partial charge in [0.05, 0.1) is 6.10 Å². The first-order chi connectivity index (χ1) is 10.5. The third-order valence-corrected chi connectivity index (χ3v) is 4.14. The van der Waals surface area contributed by atoms with Crippen LogP contribution in [0.5, 0.6) is 0 Å². The van der Waals surface area contributed by atoms with Crippen molar-refractivity contribution in [2.45, 2.75) is 18.6 Å². The molecule has 1 fully saturated rings. The summed E-state index contributed by atoms with van der Waals surface area (Å²) in [5, 5.41) is 0.0975. The topological polar surface area (TPSA) is 89.9 Å². The summed E-state index contributed by atoms with van der Waals surface area (Å²) < 4.78 is 6.85. The van der Waals surface area contributed by atoms with Gasteiger partial charge in [-0.2, -0.15) is 0 Å². The van der Waals surface area contributed by atoms with Gasteiger partial charge in [-0.05, 0) is 12.1 Å². The van der Waals surface area contributed by atoms with Crippen molar-refractivity contribution in [3.8, 4) is 0 Å². The van der Waals surface area contributed by atoms with Crippen molar-refractivity contribution in [1.82, 2.24) is 14.3 Å². The van der Waals surface area contributed by atoms with Gasteiger partial charge in [-0.15, -0.1) is 0 Å². The number of aromatic nitrogens is 2. The Labute approximate surface area is 131 Å². The van der Waals surface area contributed by atoms with Crippen LogP contribution in [0.1, 0.15) is 16.9 Å². The molecule has 116 valence electrons. The lowest BCUT2D eigenvalue weighted by Gasteiger charge is -2.21. The maximum absolute atomic E-state index is 12.8. The zero-order valence-electron chi connectivity index (χ0n) is 11.9. The molecule has 0 spiro atoms. The zero-order chi connectivity index (χ0) is 15.9. The highest BCUT2D eigenvalue weighted by atomic mass is 35.5. The molecule has 1 aliphatic rings. The molecule has 2 amide bonds. The molecular formula is C14H15ClN4O3. The first kappa shape index (κ1) is 14.8. The standard InChI is InChI=1S/C14H15ClN4O3/c1-22-8-6-9(13(16)20)19(7-8)14(21)11-12(15)17-10-4-2-3-5-18(10)11/h2-5,8-9H,6-7H2,1H3,(H2,16,20)/t8-,9-/m0/s1. The van der Waals surface area contributed by atoms with Crippen molar-refractivity contribution in [1.29, 1.82) is 0 Å². The van der Waals surface area contributed by atoms with Gasteiger partial charge in [0, 0.05) is 26.3 Å². The minimum absolute atomic E-state index is 0.0975. The summed E-state index contributed by atoms with van der Waals surface area (Å²) in [6, 6.07) is 4.62. The van der Waals surface area contributed by atoms with E-state index in [1.807, 2.05) is 0 Å². The molecule has 0 radical (unpaired) electrons. The van der Waals surface area contributed by atoms with Crippen molar-refractivity contribution >= 4 is 29.1 Å². The molecule has 0 aromatic carbocycles. The molecule has 2 aromatic rings. The number of pyridine rings is 1. The zero-order valence-corrected chi connectivity index (χ0v) is 12.7. The minimum atomic E-state index is -0.706. The Hall–Kier alpha value is -2.12. The number of rotatable bonds is 3. The molecule has 8 heteroatoms. The lowest BCUT2D eigenvalue weighted by Crippen LogP contribution is -2.44. The van der Waals surface area contributed by atoms with Gasteiger partial charge < -0.3 is 15.4 Å². The van der Waals surface area contributed by atoms with Gasteiger partial charge in [0.1, 0.15) is 11.7 Å². The molecule has 22 heavy (non-hydrogen) atoms. The second kappa shape index (κ2) is 5.58. The van der Waals surface area contributed by atoms with Crippen LogP contribution in [-0.2, 0) is 9.53 Å². The van der Waals surface area contributed by atoms with E-state index in [0.717, 1.165) is 0 Å². The van der Waals surface area contributed by atoms with E-state index in [-0.39, 0.29) is 22.9 Å². The van der Waals surface area contributed by atoms with Crippen LogP contribution in [0.4, 0.5) is 0 Å². The summed E-state index contributed by atoms with van der Waals surface area (Å²) >= 11 is 6.11. The summed E-state index contributed by atoms with van der Waals surface area (Å²) in [4.78, 5) is 30.0. The quantitative estimate of drug-likeness (QED) is 0.900. The number of methoxy groups -OCH3 is 1. The van der Waals surface area contributed by atoms with Crippen LogP contribution in [0.25, 0.3) is 5.65 Å². The normalized spacial score (nSPS) is 21.5. The van der Waals surface area contributed by atoms with Gasteiger partial charge in [0.15, 0.2) is 10.8 Å². The molecule has 7 nitrogen and oxygen atoms in total. The lowest BCUT2D eigenvalue weighted by molar-refractivity contribution is -0.121. The Bertz CT molecular complexity index is 745. The first-order valence-corrected chi connectivity index (χ1v) is 7.16. The molecule has 1 saturated heterocycles. The second-order valence-corrected chi connectivity index (χ2v) is 5.51. The predicted molar refractivity (Wildman–Crippen MR) is 79.6 cm³/mol. The number of nitrogens with zero attached hydrogens (tertiary/aromatic N) is 3. The Balaban J connectivity index is 2.01. The summed E-state index contributed by atoms with van der Waals surface area (Å²) in [6.45, 7) is 0.291. The molecular weight excluding hydrogens is 308 g/mol. The van der Waals surface area contributed by atoms with Crippen molar-refractivity contribution in [2.75, 3.05) is 13.7 Å². The van der Waals surface area contributed by atoms with E-state index < -0.39 is 11.9 Å². The summed E-state index contributed by atoms with van der Waals surface area (Å²) in [5.41, 5.74) is 6.19. The summed E-state index contributed by atoms with van der Waals surface area (Å²) in [7, 11) is 1.54. The monoisotopic (exact) mass is 322 g/mol. The molecule has 0 saturated carbocycles. The van der Waals surface area contributed by atoms with Gasteiger partial charge in [-0.25, -0.2) is 4.98 Å². The fourth-order valence-corrected chi connectivity index (χ4v) is 3.02. The average Bonchev–Trinajstić information content (AvgIpc) is 3.06. The number of likely N-dealkylation sites (tertiary alicyclic amines) is 1. The number of nitrogens with two attached hydrogens (primary N) is 1. The maximum atomic E-state index is 12.8. The number of carbonyl (C=O) groups excluding carboxylic acids is 2. The van der Waals surface area contributed by atoms with E-state index in [0.29, 0.717) is 18.6 Å². The first-order valence-electron chi connectivity index (χ1n) is 6.78. The summed E-state index contributed by atoms with van der Waals surface area (Å²) in [6.07, 6.45) is 1.86. The number of fused-ring (bicyclic) bond motifs is 1. The average molecular weight is 323 g/mol. The van der Waals surface area contributed by atoms with E-state index in [1.54, 1.807) is 28.8 Å². The Kier molecular flexibility index (Phi) is 3.76. The van der Waals surface area contributed by atoms with Crippen LogP contribution in [-0.4, -0.2) is 51.9 Å². The third kappa shape index (κ3) is 2.32. The van der Waals surface area contributed by atoms with Crippen LogP contribution in [0, 0.1) is 0 Å². The number of ether oxygens (including phenoxy) is 1. The molecule has 0 aliphatic carbocycles. The molecule has 2 N–H and O–H groups in total. The van der Waals surface area contributed by atoms with Crippen LogP contribution < -0.4 is 5.73 Å². The number of hydrogen-bond acceptors (Lipinski definition) is 4. The van der Waals surface area contributed by atoms with Crippen LogP contribution >= 0.6 is 11.6 Å². The fourth-order valence-electron chi connectivity index (χ4n) is 2.76. The Morgan fingerprint density at radius 2 is 2.23 bits per heavy atom. The van der Waals surface area contributed by atoms with Gasteiger partial charge in [0.2, 0.25) is 5.91 Å². The van der Waals surface area contributed by atoms with Crippen molar-refractivity contribution in [2.24, 2.45) is 5.73 Å². The van der Waals surface area contributed by atoms with E-state index >= 15 is 0 Å². The van der Waals surface area contributed by atoms with Crippen molar-refractivity contribution < 1.29 is 14.3 Å². The van der Waals surface area contributed by atoms with Crippen LogP contribution in [0.15, 0.2) is 24.4 Å². The summed E-state index contributed by atoms with van der Waals surface area (Å²) in [5.74, 6) is -0.940. The Morgan fingerprint density at radius 1 is 1.45 bits per heavy atom. The smallest absolute Gasteiger partial charge is 0.274 e. The Morgan fingerprint density at radius 3 is 2.91 bits per heavy atom. The maximum Gasteiger partial charge on any atom is 0.274 e. The van der Waals surface area contributed by atoms with Gasteiger partial charge in [0.25, 0.3) is 5.91 Å². The molecule has 2 atom stereocenters. The number of primary amides is 1. The van der Waals surface area contributed by atoms with Crippen LogP contribution in [0.3, 0.4) is 0 Å². The van der Waals surface area contributed by atoms with Gasteiger partial charge in [-0.1, -0.05) is 17.7 Å². The number of halogens is 1. The third-order valence-electron chi connectivity index (χ3n) is 3.88. The highest BCUT2D eigenvalue weighted by Gasteiger charge is 2.40. The fraction of sp³-hybridized carbons (Fsp3) is 0.357. The number of amides is 2. The molecule has 0 unspecified atom stereocenters. The van der Waals surface area contributed by atoms with Gasteiger partial charge >= 0.3 is 0 Å². The lowest BCUT2D eigenvalue weighted by atomic mass is 10.2. The molecule has 0 bridgehead atoms. The van der Waals surface area contributed by atoms with Crippen molar-refractivity contribution in [3.63, 3.8) is 0 Å². The number of imidazole rings is 1. The second-order valence-electron chi connectivity index (χ2n) is 5.15. The minimum Gasteiger partial charge on any atom is -0.380 e. The molecule has 2 aromatic heterocycles. The van der Waals surface area contributed by atoms with Gasteiger partial charge in [-0.3, -0.25) is 14.0 Å². The number of carbonyl (C=O) groups is 2. The number of hydrogen-bond donors (Lipinski definition) is 1. The van der Waals surface area contributed by atoms with Crippen LogP contribution in [0.2, 0.25) is 5.15 Å². The SMILES string of the molecule is CO[C@H]1C[C@@H](C(N)=O)N(C(=O)c2c(Cl)nc3ccccn23)C1. The van der Waals surface area contributed by atoms with E-state index in [1.165, 1.54) is 12.0 Å².